The molecule has 0 aromatic heterocycles. The van der Waals surface area contributed by atoms with Crippen LogP contribution in [0.5, 0.6) is 0 Å². The molecule has 82 heavy (non-hydrogen) atoms. The minimum absolute atomic E-state index is 0.102. The van der Waals surface area contributed by atoms with Gasteiger partial charge in [0.2, 0.25) is 0 Å². The van der Waals surface area contributed by atoms with Gasteiger partial charge in [-0.05, 0) is 49.4 Å². The van der Waals surface area contributed by atoms with E-state index in [2.05, 4.69) is 55.4 Å². The van der Waals surface area contributed by atoms with Crippen LogP contribution in [0.4, 0.5) is 0 Å². The van der Waals surface area contributed by atoms with Gasteiger partial charge in [0.1, 0.15) is 19.3 Å². The standard InChI is InChI=1S/C63H122O17P2/c1-53(2)39-31-23-15-11-9-10-12-18-27-35-43-60(65)73-49-58(79-62(67)45-37-29-19-13-16-24-32-40-54(3)4)51-77-81(69,70)75-47-57(64)48-76-82(71,72)78-52-59(50-74-61(66)44-36-28-22-21-26-34-42-56(7)8)80-63(68)46-38-30-20-14-17-25-33-41-55(5)6/h53-59,64H,9-52H2,1-8H3,(H,69,70)(H,71,72)/t57-,58-,59-/m1/s1. The van der Waals surface area contributed by atoms with Gasteiger partial charge in [-0.15, -0.1) is 0 Å². The SMILES string of the molecule is CC(C)CCCCCCCCCCCCC(=O)OC[C@H](COP(=O)(O)OC[C@@H](O)COP(=O)(O)OC[C@@H](COC(=O)CCCCCCCCC(C)C)OC(=O)CCCCCCCCCC(C)C)OC(=O)CCCCCCCCCC(C)C. The molecule has 0 rings (SSSR count). The Balaban J connectivity index is 5.23. The molecule has 0 aliphatic carbocycles. The van der Waals surface area contributed by atoms with Crippen LogP contribution in [-0.2, 0) is 65.4 Å². The fourth-order valence-electron chi connectivity index (χ4n) is 9.25. The Morgan fingerprint density at radius 2 is 0.512 bits per heavy atom. The van der Waals surface area contributed by atoms with E-state index in [1.807, 2.05) is 0 Å². The molecule has 3 N–H and O–H groups in total. The molecule has 0 aliphatic rings. The van der Waals surface area contributed by atoms with Crippen molar-refractivity contribution in [2.45, 2.75) is 318 Å². The summed E-state index contributed by atoms with van der Waals surface area (Å²) < 4.78 is 67.9. The number of phosphoric acid groups is 2. The van der Waals surface area contributed by atoms with E-state index in [-0.39, 0.29) is 25.7 Å². The van der Waals surface area contributed by atoms with Crippen molar-refractivity contribution in [1.29, 1.82) is 0 Å². The topological polar surface area (TPSA) is 237 Å². The molecule has 19 heteroatoms. The number of esters is 4. The maximum Gasteiger partial charge on any atom is 0.472 e. The van der Waals surface area contributed by atoms with Gasteiger partial charge in [0, 0.05) is 25.7 Å². The quantitative estimate of drug-likeness (QED) is 0.0222. The summed E-state index contributed by atoms with van der Waals surface area (Å²) >= 11 is 0. The molecule has 5 atom stereocenters. The van der Waals surface area contributed by atoms with E-state index in [1.165, 1.54) is 96.3 Å². The molecule has 17 nitrogen and oxygen atoms in total. The maximum absolute atomic E-state index is 13.0. The van der Waals surface area contributed by atoms with Gasteiger partial charge in [-0.3, -0.25) is 37.3 Å². The third kappa shape index (κ3) is 57.2. The Bertz CT molecular complexity index is 1640. The Morgan fingerprint density at radius 1 is 0.305 bits per heavy atom. The van der Waals surface area contributed by atoms with E-state index < -0.39 is 97.5 Å². The van der Waals surface area contributed by atoms with Crippen molar-refractivity contribution >= 4 is 39.5 Å². The third-order valence-electron chi connectivity index (χ3n) is 14.3. The lowest BCUT2D eigenvalue weighted by atomic mass is 10.0. The number of unbranched alkanes of at least 4 members (excludes halogenated alkanes) is 26. The van der Waals surface area contributed by atoms with Gasteiger partial charge in [-0.25, -0.2) is 9.13 Å². The molecule has 0 aliphatic heterocycles. The van der Waals surface area contributed by atoms with Gasteiger partial charge in [-0.2, -0.15) is 0 Å². The molecule has 0 bridgehead atoms. The summed E-state index contributed by atoms with van der Waals surface area (Å²) in [5.41, 5.74) is 0. The van der Waals surface area contributed by atoms with E-state index >= 15 is 0 Å². The van der Waals surface area contributed by atoms with E-state index in [1.54, 1.807) is 0 Å². The second-order valence-corrected chi connectivity index (χ2v) is 27.6. The van der Waals surface area contributed by atoms with Crippen LogP contribution in [0.3, 0.4) is 0 Å². The van der Waals surface area contributed by atoms with Crippen LogP contribution >= 0.6 is 15.6 Å². The molecule has 0 saturated carbocycles. The molecule has 0 radical (unpaired) electrons. The summed E-state index contributed by atoms with van der Waals surface area (Å²) in [6, 6.07) is 0. The molecule has 0 fully saturated rings. The number of ether oxygens (including phenoxy) is 4. The highest BCUT2D eigenvalue weighted by Crippen LogP contribution is 2.45. The molecule has 0 aromatic rings. The third-order valence-corrected chi connectivity index (χ3v) is 16.2. The number of carbonyl (C=O) groups is 4. The lowest BCUT2D eigenvalue weighted by molar-refractivity contribution is -0.161. The van der Waals surface area contributed by atoms with Gasteiger partial charge >= 0.3 is 39.5 Å². The zero-order valence-corrected chi connectivity index (χ0v) is 54.9. The number of carbonyl (C=O) groups excluding carboxylic acids is 4. The van der Waals surface area contributed by atoms with Crippen LogP contribution in [0, 0.1) is 23.7 Å². The van der Waals surface area contributed by atoms with Gasteiger partial charge in [0.25, 0.3) is 0 Å². The summed E-state index contributed by atoms with van der Waals surface area (Å²) in [6.45, 7) is 13.9. The zero-order chi connectivity index (χ0) is 61.1. The van der Waals surface area contributed by atoms with E-state index in [0.717, 1.165) is 102 Å². The summed E-state index contributed by atoms with van der Waals surface area (Å²) in [6.07, 6.45) is 32.4. The van der Waals surface area contributed by atoms with E-state index in [9.17, 15) is 43.2 Å². The molecule has 0 amide bonds. The lowest BCUT2D eigenvalue weighted by Crippen LogP contribution is -2.30. The summed E-state index contributed by atoms with van der Waals surface area (Å²) in [5.74, 6) is 0.684. The predicted octanol–water partition coefficient (Wildman–Crippen LogP) is 17.0. The molecular weight excluding hydrogens is 1090 g/mol. The number of phosphoric ester groups is 2. The summed E-state index contributed by atoms with van der Waals surface area (Å²) in [5, 5.41) is 10.5. The number of rotatable bonds is 60. The van der Waals surface area contributed by atoms with Crippen LogP contribution in [0.2, 0.25) is 0 Å². The zero-order valence-electron chi connectivity index (χ0n) is 53.1. The highest BCUT2D eigenvalue weighted by molar-refractivity contribution is 7.47. The molecule has 2 unspecified atom stereocenters. The van der Waals surface area contributed by atoms with Crippen molar-refractivity contribution in [1.82, 2.24) is 0 Å². The van der Waals surface area contributed by atoms with Crippen molar-refractivity contribution in [2.75, 3.05) is 39.6 Å². The highest BCUT2D eigenvalue weighted by atomic mass is 31.2. The Kier molecular flexibility index (Phi) is 52.0. The Labute approximate surface area is 498 Å². The highest BCUT2D eigenvalue weighted by Gasteiger charge is 2.30. The average Bonchev–Trinajstić information content (AvgIpc) is 3.43. The van der Waals surface area contributed by atoms with Crippen LogP contribution in [0.1, 0.15) is 299 Å². The molecule has 486 valence electrons. The van der Waals surface area contributed by atoms with Gasteiger partial charge in [0.05, 0.1) is 26.4 Å². The van der Waals surface area contributed by atoms with Gasteiger partial charge in [0.15, 0.2) is 12.2 Å². The van der Waals surface area contributed by atoms with Crippen molar-refractivity contribution in [3.63, 3.8) is 0 Å². The van der Waals surface area contributed by atoms with E-state index in [4.69, 9.17) is 37.0 Å². The van der Waals surface area contributed by atoms with Crippen LogP contribution in [0.25, 0.3) is 0 Å². The minimum Gasteiger partial charge on any atom is -0.462 e. The first-order valence-electron chi connectivity index (χ1n) is 32.7. The normalized spacial score (nSPS) is 14.5. The molecule has 0 spiro atoms. The second-order valence-electron chi connectivity index (χ2n) is 24.7. The average molecular weight is 1210 g/mol. The molecule has 0 saturated heterocycles. The fraction of sp³-hybridized carbons (Fsp3) is 0.937. The van der Waals surface area contributed by atoms with Gasteiger partial charge < -0.3 is 33.8 Å². The molecule has 0 heterocycles. The number of aliphatic hydroxyl groups excluding tert-OH is 1. The van der Waals surface area contributed by atoms with Crippen LogP contribution in [-0.4, -0.2) is 96.7 Å². The van der Waals surface area contributed by atoms with Crippen molar-refractivity contribution in [2.24, 2.45) is 23.7 Å². The van der Waals surface area contributed by atoms with Crippen molar-refractivity contribution in [3.8, 4) is 0 Å². The second kappa shape index (κ2) is 53.3. The maximum atomic E-state index is 13.0. The smallest absolute Gasteiger partial charge is 0.462 e. The summed E-state index contributed by atoms with van der Waals surface area (Å²) in [4.78, 5) is 72.1. The first-order valence-corrected chi connectivity index (χ1v) is 35.7. The first-order chi connectivity index (χ1) is 39.1. The number of hydrogen-bond acceptors (Lipinski definition) is 15. The van der Waals surface area contributed by atoms with Crippen molar-refractivity contribution < 1.29 is 80.2 Å². The number of hydrogen-bond donors (Lipinski definition) is 3. The fourth-order valence-corrected chi connectivity index (χ4v) is 10.8. The minimum atomic E-state index is -4.94. The Morgan fingerprint density at radius 3 is 0.756 bits per heavy atom. The largest absolute Gasteiger partial charge is 0.472 e. The van der Waals surface area contributed by atoms with Crippen molar-refractivity contribution in [3.05, 3.63) is 0 Å². The predicted molar refractivity (Wildman–Crippen MR) is 326 cm³/mol. The monoisotopic (exact) mass is 1210 g/mol. The molecular formula is C63H122O17P2. The summed E-state index contributed by atoms with van der Waals surface area (Å²) in [7, 11) is -9.89. The number of aliphatic hydroxyl groups is 1. The van der Waals surface area contributed by atoms with Crippen LogP contribution in [0.15, 0.2) is 0 Å². The van der Waals surface area contributed by atoms with E-state index in [0.29, 0.717) is 43.4 Å². The lowest BCUT2D eigenvalue weighted by Gasteiger charge is -2.21. The Hall–Kier alpha value is -1.94. The molecule has 0 aromatic carbocycles. The first kappa shape index (κ1) is 80.1. The van der Waals surface area contributed by atoms with Gasteiger partial charge in [-0.1, -0.05) is 248 Å². The van der Waals surface area contributed by atoms with Crippen LogP contribution < -0.4 is 0 Å².